The first-order valence-corrected chi connectivity index (χ1v) is 8.62. The van der Waals surface area contributed by atoms with Crippen molar-refractivity contribution in [2.24, 2.45) is 10.9 Å². The highest BCUT2D eigenvalue weighted by Crippen LogP contribution is 2.30. The molecule has 0 saturated heterocycles. The molecule has 0 N–H and O–H groups in total. The zero-order valence-electron chi connectivity index (χ0n) is 15.5. The minimum Gasteiger partial charge on any atom is -0.465 e. The van der Waals surface area contributed by atoms with Crippen molar-refractivity contribution in [2.45, 2.75) is 26.8 Å². The second-order valence-corrected chi connectivity index (χ2v) is 5.86. The molecule has 1 aromatic carbocycles. The third-order valence-corrected chi connectivity index (χ3v) is 4.28. The number of ketones is 1. The van der Waals surface area contributed by atoms with Gasteiger partial charge in [0, 0.05) is 6.54 Å². The Morgan fingerprint density at radius 1 is 1.22 bits per heavy atom. The fourth-order valence-corrected chi connectivity index (χ4v) is 3.14. The van der Waals surface area contributed by atoms with Crippen molar-refractivity contribution in [3.05, 3.63) is 47.3 Å². The molecule has 0 aromatic heterocycles. The van der Waals surface area contributed by atoms with Gasteiger partial charge in [0.05, 0.1) is 18.4 Å². The fraction of sp³-hybridized carbons (Fsp3) is 0.350. The zero-order valence-corrected chi connectivity index (χ0v) is 15.5. The van der Waals surface area contributed by atoms with E-state index in [1.807, 2.05) is 18.2 Å². The molecule has 1 aliphatic rings. The van der Waals surface area contributed by atoms with E-state index in [9.17, 15) is 20.1 Å². The molecule has 27 heavy (non-hydrogen) atoms. The van der Waals surface area contributed by atoms with E-state index in [0.717, 1.165) is 0 Å². The monoisotopic (exact) mass is 364 g/mol. The summed E-state index contributed by atoms with van der Waals surface area (Å²) >= 11 is 0. The molecule has 0 fully saturated rings. The van der Waals surface area contributed by atoms with Crippen LogP contribution in [0.2, 0.25) is 0 Å². The molecule has 1 aliphatic heterocycles. The highest BCUT2D eigenvalue weighted by Gasteiger charge is 2.44. The molecule has 1 heterocycles. The highest BCUT2D eigenvalue weighted by molar-refractivity contribution is 6.12. The minimum atomic E-state index is -1.16. The standard InChI is InChI=1S/C20H20N4O3/c1-4-24-16(12-22)15(11-21)23-18(14-9-7-6-8-10-14)19(24)17(13(3)25)20(26)27-5-2/h6-10,17,19H,4-5H2,1-3H3. The van der Waals surface area contributed by atoms with Crippen LogP contribution in [0.3, 0.4) is 0 Å². The Morgan fingerprint density at radius 2 is 1.89 bits per heavy atom. The lowest BCUT2D eigenvalue weighted by molar-refractivity contribution is -0.152. The molecular weight excluding hydrogens is 344 g/mol. The number of Topliss-reactive ketones (excluding diaryl/α,β-unsaturated/α-hetero) is 1. The Kier molecular flexibility index (Phi) is 6.46. The summed E-state index contributed by atoms with van der Waals surface area (Å²) < 4.78 is 5.11. The second-order valence-electron chi connectivity index (χ2n) is 5.86. The first-order chi connectivity index (χ1) is 13.0. The number of carbonyl (C=O) groups is 2. The zero-order chi connectivity index (χ0) is 20.0. The molecule has 2 atom stereocenters. The number of nitriles is 2. The SMILES string of the molecule is CCOC(=O)C(C(C)=O)C1C(c2ccccc2)=NC(C#N)=C(C#N)N1CC. The van der Waals surface area contributed by atoms with Gasteiger partial charge in [-0.15, -0.1) is 0 Å². The van der Waals surface area contributed by atoms with Gasteiger partial charge >= 0.3 is 5.97 Å². The number of aliphatic imine (C=N–C) groups is 1. The maximum absolute atomic E-state index is 12.6. The maximum Gasteiger partial charge on any atom is 0.319 e. The highest BCUT2D eigenvalue weighted by atomic mass is 16.5. The lowest BCUT2D eigenvalue weighted by Gasteiger charge is -2.38. The van der Waals surface area contributed by atoms with Crippen LogP contribution in [0.4, 0.5) is 0 Å². The van der Waals surface area contributed by atoms with Gasteiger partial charge in [-0.25, -0.2) is 4.99 Å². The summed E-state index contributed by atoms with van der Waals surface area (Å²) in [6, 6.07) is 12.1. The van der Waals surface area contributed by atoms with Crippen molar-refractivity contribution in [1.82, 2.24) is 4.90 Å². The van der Waals surface area contributed by atoms with Crippen LogP contribution in [-0.4, -0.2) is 41.6 Å². The van der Waals surface area contributed by atoms with Crippen molar-refractivity contribution in [2.75, 3.05) is 13.2 Å². The van der Waals surface area contributed by atoms with Gasteiger partial charge in [0.1, 0.15) is 23.8 Å². The van der Waals surface area contributed by atoms with Crippen LogP contribution in [0.25, 0.3) is 0 Å². The van der Waals surface area contributed by atoms with Crippen LogP contribution in [0.1, 0.15) is 26.3 Å². The summed E-state index contributed by atoms with van der Waals surface area (Å²) in [5.74, 6) is -2.22. The number of likely N-dealkylation sites (N-methyl/N-ethyl adjacent to an activating group) is 1. The number of esters is 1. The van der Waals surface area contributed by atoms with Crippen LogP contribution in [-0.2, 0) is 14.3 Å². The molecule has 0 bridgehead atoms. The number of nitrogens with zero attached hydrogens (tertiary/aromatic N) is 4. The van der Waals surface area contributed by atoms with Crippen molar-refractivity contribution < 1.29 is 14.3 Å². The number of ether oxygens (including phenoxy) is 1. The molecule has 7 heteroatoms. The minimum absolute atomic E-state index is 0.0411. The molecular formula is C20H20N4O3. The van der Waals surface area contributed by atoms with Gasteiger partial charge in [-0.3, -0.25) is 9.59 Å². The Balaban J connectivity index is 2.74. The van der Waals surface area contributed by atoms with Crippen LogP contribution in [0.5, 0.6) is 0 Å². The van der Waals surface area contributed by atoms with Crippen LogP contribution in [0, 0.1) is 28.6 Å². The number of hydrogen-bond donors (Lipinski definition) is 0. The normalized spacial score (nSPS) is 17.4. The number of hydrogen-bond acceptors (Lipinski definition) is 7. The number of rotatable bonds is 6. The van der Waals surface area contributed by atoms with Gasteiger partial charge in [0.2, 0.25) is 0 Å². The van der Waals surface area contributed by atoms with Crippen LogP contribution < -0.4 is 0 Å². The Labute approximate surface area is 158 Å². The lowest BCUT2D eigenvalue weighted by atomic mass is 9.85. The molecule has 7 nitrogen and oxygen atoms in total. The van der Waals surface area contributed by atoms with Gasteiger partial charge in [-0.1, -0.05) is 30.3 Å². The first-order valence-electron chi connectivity index (χ1n) is 8.62. The maximum atomic E-state index is 12.6. The van der Waals surface area contributed by atoms with E-state index in [4.69, 9.17) is 4.74 Å². The van der Waals surface area contributed by atoms with Gasteiger partial charge in [0.25, 0.3) is 0 Å². The summed E-state index contributed by atoms with van der Waals surface area (Å²) in [6.07, 6.45) is 0. The molecule has 138 valence electrons. The number of carbonyl (C=O) groups excluding carboxylic acids is 2. The summed E-state index contributed by atoms with van der Waals surface area (Å²) in [4.78, 5) is 30.9. The van der Waals surface area contributed by atoms with E-state index >= 15 is 0 Å². The van der Waals surface area contributed by atoms with Crippen molar-refractivity contribution in [3.63, 3.8) is 0 Å². The Morgan fingerprint density at radius 3 is 2.37 bits per heavy atom. The largest absolute Gasteiger partial charge is 0.465 e. The summed E-state index contributed by atoms with van der Waals surface area (Å²) in [7, 11) is 0. The number of allylic oxidation sites excluding steroid dienone is 2. The van der Waals surface area contributed by atoms with E-state index in [1.165, 1.54) is 6.92 Å². The Hall–Kier alpha value is -3.45. The first kappa shape index (κ1) is 19.9. The lowest BCUT2D eigenvalue weighted by Crippen LogP contribution is -2.53. The van der Waals surface area contributed by atoms with E-state index in [2.05, 4.69) is 4.99 Å². The predicted octanol–water partition coefficient (Wildman–Crippen LogP) is 2.21. The van der Waals surface area contributed by atoms with Gasteiger partial charge in [0.15, 0.2) is 11.4 Å². The number of benzene rings is 1. The average Bonchev–Trinajstić information content (AvgIpc) is 2.67. The van der Waals surface area contributed by atoms with Crippen LogP contribution >= 0.6 is 0 Å². The topological polar surface area (TPSA) is 107 Å². The molecule has 0 radical (unpaired) electrons. The van der Waals surface area contributed by atoms with Crippen molar-refractivity contribution in [3.8, 4) is 12.1 Å². The third kappa shape index (κ3) is 3.88. The van der Waals surface area contributed by atoms with Gasteiger partial charge < -0.3 is 9.64 Å². The van der Waals surface area contributed by atoms with Crippen LogP contribution in [0.15, 0.2) is 46.7 Å². The van der Waals surface area contributed by atoms with Crippen molar-refractivity contribution in [1.29, 1.82) is 10.5 Å². The molecule has 2 unspecified atom stereocenters. The van der Waals surface area contributed by atoms with Gasteiger partial charge in [-0.2, -0.15) is 10.5 Å². The molecule has 0 aliphatic carbocycles. The molecule has 0 amide bonds. The van der Waals surface area contributed by atoms with E-state index in [-0.39, 0.29) is 18.0 Å². The Bertz CT molecular complexity index is 875. The quantitative estimate of drug-likeness (QED) is 0.566. The molecule has 0 saturated carbocycles. The van der Waals surface area contributed by atoms with E-state index in [0.29, 0.717) is 17.8 Å². The third-order valence-electron chi connectivity index (χ3n) is 4.28. The summed E-state index contributed by atoms with van der Waals surface area (Å²) in [5.41, 5.74) is 1.06. The molecule has 0 spiro atoms. The fourth-order valence-electron chi connectivity index (χ4n) is 3.14. The average molecular weight is 364 g/mol. The van der Waals surface area contributed by atoms with E-state index < -0.39 is 23.7 Å². The van der Waals surface area contributed by atoms with Crippen molar-refractivity contribution >= 4 is 17.5 Å². The molecule has 2 rings (SSSR count). The second kappa shape index (κ2) is 8.77. The molecule has 1 aromatic rings. The summed E-state index contributed by atoms with van der Waals surface area (Å²) in [5, 5.41) is 19.0. The van der Waals surface area contributed by atoms with Gasteiger partial charge in [-0.05, 0) is 26.3 Å². The predicted molar refractivity (Wildman–Crippen MR) is 98.2 cm³/mol. The van der Waals surface area contributed by atoms with E-state index in [1.54, 1.807) is 43.0 Å². The summed E-state index contributed by atoms with van der Waals surface area (Å²) in [6.45, 7) is 5.20. The smallest absolute Gasteiger partial charge is 0.319 e.